The predicted molar refractivity (Wildman–Crippen MR) is 92.2 cm³/mol. The topological polar surface area (TPSA) is 15.3 Å². The molecule has 1 unspecified atom stereocenters. The minimum absolute atomic E-state index is 0.152. The maximum absolute atomic E-state index is 6.14. The summed E-state index contributed by atoms with van der Waals surface area (Å²) in [6.45, 7) is 12.2. The predicted octanol–water partition coefficient (Wildman–Crippen LogP) is 4.59. The third kappa shape index (κ3) is 4.59. The van der Waals surface area contributed by atoms with Crippen molar-refractivity contribution in [3.63, 3.8) is 0 Å². The Bertz CT molecular complexity index is 486. The van der Waals surface area contributed by atoms with Crippen LogP contribution in [0.25, 0.3) is 0 Å². The molecule has 2 nitrogen and oxygen atoms in total. The number of hydrogen-bond donors (Lipinski definition) is 1. The molecule has 0 aliphatic carbocycles. The molecule has 118 valence electrons. The Morgan fingerprint density at radius 1 is 1.29 bits per heavy atom. The molecule has 0 spiro atoms. The summed E-state index contributed by atoms with van der Waals surface area (Å²) in [4.78, 5) is 2.55. The van der Waals surface area contributed by atoms with Crippen LogP contribution in [0.4, 0.5) is 0 Å². The van der Waals surface area contributed by atoms with Crippen LogP contribution >= 0.6 is 23.2 Å². The van der Waals surface area contributed by atoms with E-state index in [-0.39, 0.29) is 5.54 Å². The van der Waals surface area contributed by atoms with Crippen LogP contribution in [-0.4, -0.2) is 29.6 Å². The summed E-state index contributed by atoms with van der Waals surface area (Å²) < 4.78 is 0. The molecule has 1 heterocycles. The zero-order chi connectivity index (χ0) is 15.6. The first kappa shape index (κ1) is 17.1. The van der Waals surface area contributed by atoms with Crippen LogP contribution in [0.2, 0.25) is 10.0 Å². The van der Waals surface area contributed by atoms with Gasteiger partial charge in [-0.25, -0.2) is 0 Å². The van der Waals surface area contributed by atoms with Gasteiger partial charge >= 0.3 is 0 Å². The van der Waals surface area contributed by atoms with E-state index in [4.69, 9.17) is 23.2 Å². The third-order valence-electron chi connectivity index (χ3n) is 4.23. The minimum atomic E-state index is 0.152. The Hall–Kier alpha value is -0.280. The zero-order valence-electron chi connectivity index (χ0n) is 13.4. The van der Waals surface area contributed by atoms with Crippen LogP contribution in [-0.2, 0) is 6.54 Å². The first-order valence-electron chi connectivity index (χ1n) is 7.70. The van der Waals surface area contributed by atoms with Crippen molar-refractivity contribution in [1.29, 1.82) is 0 Å². The highest BCUT2D eigenvalue weighted by Gasteiger charge is 2.33. The van der Waals surface area contributed by atoms with Crippen molar-refractivity contribution in [1.82, 2.24) is 10.2 Å². The molecule has 1 aliphatic heterocycles. The Morgan fingerprint density at radius 2 is 2.00 bits per heavy atom. The molecule has 0 aromatic heterocycles. The van der Waals surface area contributed by atoms with E-state index >= 15 is 0 Å². The van der Waals surface area contributed by atoms with Gasteiger partial charge in [0, 0.05) is 31.2 Å². The van der Waals surface area contributed by atoms with E-state index in [9.17, 15) is 0 Å². The van der Waals surface area contributed by atoms with Gasteiger partial charge in [-0.3, -0.25) is 4.90 Å². The lowest BCUT2D eigenvalue weighted by atomic mass is 9.93. The normalized spacial score (nSPS) is 22.7. The first-order chi connectivity index (χ1) is 9.78. The molecule has 2 rings (SSSR count). The average Bonchev–Trinajstić information content (AvgIpc) is 2.37. The van der Waals surface area contributed by atoms with E-state index in [2.05, 4.69) is 44.0 Å². The maximum Gasteiger partial charge on any atom is 0.0595 e. The van der Waals surface area contributed by atoms with Gasteiger partial charge in [-0.1, -0.05) is 43.1 Å². The summed E-state index contributed by atoms with van der Waals surface area (Å²) in [7, 11) is 0. The molecule has 1 saturated heterocycles. The molecule has 0 amide bonds. The summed E-state index contributed by atoms with van der Waals surface area (Å²) in [5.41, 5.74) is 1.38. The number of piperazine rings is 1. The Kier molecular flexibility index (Phi) is 5.59. The molecule has 1 aromatic rings. The van der Waals surface area contributed by atoms with E-state index in [0.29, 0.717) is 16.1 Å². The quantitative estimate of drug-likeness (QED) is 0.869. The number of benzene rings is 1. The van der Waals surface area contributed by atoms with Crippen LogP contribution in [0.15, 0.2) is 18.2 Å². The van der Waals surface area contributed by atoms with Gasteiger partial charge in [0.15, 0.2) is 0 Å². The standard InChI is InChI=1S/C17H26Cl2N2/c1-12(2)7-14-10-21(17(3,4)11-20-14)9-13-5-6-15(18)16(19)8-13/h5-6,8,12,14,20H,7,9-11H2,1-4H3. The van der Waals surface area contributed by atoms with Crippen molar-refractivity contribution in [2.75, 3.05) is 13.1 Å². The molecule has 21 heavy (non-hydrogen) atoms. The van der Waals surface area contributed by atoms with Gasteiger partial charge in [-0.05, 0) is 43.9 Å². The lowest BCUT2D eigenvalue weighted by molar-refractivity contribution is 0.0536. The van der Waals surface area contributed by atoms with E-state index in [1.54, 1.807) is 0 Å². The Balaban J connectivity index is 2.08. The van der Waals surface area contributed by atoms with Crippen LogP contribution in [0.5, 0.6) is 0 Å². The fourth-order valence-electron chi connectivity index (χ4n) is 2.95. The lowest BCUT2D eigenvalue weighted by Gasteiger charge is -2.46. The van der Waals surface area contributed by atoms with Crippen LogP contribution in [0, 0.1) is 5.92 Å². The van der Waals surface area contributed by atoms with Gasteiger partial charge in [0.05, 0.1) is 10.0 Å². The van der Waals surface area contributed by atoms with Gasteiger partial charge < -0.3 is 5.32 Å². The first-order valence-corrected chi connectivity index (χ1v) is 8.46. The number of nitrogens with one attached hydrogen (secondary N) is 1. The summed E-state index contributed by atoms with van der Waals surface area (Å²) in [5, 5.41) is 4.95. The smallest absolute Gasteiger partial charge is 0.0595 e. The van der Waals surface area contributed by atoms with Crippen LogP contribution in [0.3, 0.4) is 0 Å². The van der Waals surface area contributed by atoms with Crippen molar-refractivity contribution >= 4 is 23.2 Å². The molecule has 1 fully saturated rings. The summed E-state index contributed by atoms with van der Waals surface area (Å²) in [5.74, 6) is 0.718. The minimum Gasteiger partial charge on any atom is -0.311 e. The second-order valence-electron chi connectivity index (χ2n) is 7.15. The molecule has 0 bridgehead atoms. The molecular weight excluding hydrogens is 303 g/mol. The van der Waals surface area contributed by atoms with Crippen molar-refractivity contribution in [2.45, 2.75) is 52.2 Å². The van der Waals surface area contributed by atoms with E-state index < -0.39 is 0 Å². The summed E-state index contributed by atoms with van der Waals surface area (Å²) in [6, 6.07) is 6.52. The molecule has 1 aromatic carbocycles. The Morgan fingerprint density at radius 3 is 2.62 bits per heavy atom. The van der Waals surface area contributed by atoms with Gasteiger partial charge in [0.25, 0.3) is 0 Å². The van der Waals surface area contributed by atoms with Crippen molar-refractivity contribution < 1.29 is 0 Å². The number of hydrogen-bond acceptors (Lipinski definition) is 2. The van der Waals surface area contributed by atoms with Crippen molar-refractivity contribution in [2.24, 2.45) is 5.92 Å². The third-order valence-corrected chi connectivity index (χ3v) is 4.97. The largest absolute Gasteiger partial charge is 0.311 e. The molecule has 4 heteroatoms. The fourth-order valence-corrected chi connectivity index (χ4v) is 3.27. The Labute approximate surface area is 138 Å². The number of halogens is 2. The highest BCUT2D eigenvalue weighted by Crippen LogP contribution is 2.27. The second kappa shape index (κ2) is 6.87. The van der Waals surface area contributed by atoms with Gasteiger partial charge in [0.1, 0.15) is 0 Å². The highest BCUT2D eigenvalue weighted by atomic mass is 35.5. The molecule has 1 aliphatic rings. The van der Waals surface area contributed by atoms with Gasteiger partial charge in [-0.2, -0.15) is 0 Å². The van der Waals surface area contributed by atoms with Gasteiger partial charge in [-0.15, -0.1) is 0 Å². The lowest BCUT2D eigenvalue weighted by Crippen LogP contribution is -2.61. The van der Waals surface area contributed by atoms with E-state index in [1.165, 1.54) is 12.0 Å². The second-order valence-corrected chi connectivity index (χ2v) is 7.96. The van der Waals surface area contributed by atoms with Gasteiger partial charge in [0.2, 0.25) is 0 Å². The monoisotopic (exact) mass is 328 g/mol. The molecular formula is C17H26Cl2N2. The van der Waals surface area contributed by atoms with Crippen molar-refractivity contribution in [3.05, 3.63) is 33.8 Å². The fraction of sp³-hybridized carbons (Fsp3) is 0.647. The molecule has 1 atom stereocenters. The number of rotatable bonds is 4. The van der Waals surface area contributed by atoms with Crippen LogP contribution in [0.1, 0.15) is 39.7 Å². The van der Waals surface area contributed by atoms with Crippen molar-refractivity contribution in [3.8, 4) is 0 Å². The zero-order valence-corrected chi connectivity index (χ0v) is 14.9. The van der Waals surface area contributed by atoms with E-state index in [1.807, 2.05) is 12.1 Å². The number of nitrogens with zero attached hydrogens (tertiary/aromatic N) is 1. The average molecular weight is 329 g/mol. The SMILES string of the molecule is CC(C)CC1CN(Cc2ccc(Cl)c(Cl)c2)C(C)(C)CN1. The van der Waals surface area contributed by atoms with E-state index in [0.717, 1.165) is 25.6 Å². The molecule has 1 N–H and O–H groups in total. The van der Waals surface area contributed by atoms with Crippen LogP contribution < -0.4 is 5.32 Å². The summed E-state index contributed by atoms with van der Waals surface area (Å²) in [6.07, 6.45) is 1.22. The maximum atomic E-state index is 6.14. The highest BCUT2D eigenvalue weighted by molar-refractivity contribution is 6.42. The molecule has 0 saturated carbocycles. The summed E-state index contributed by atoms with van der Waals surface area (Å²) >= 11 is 12.1. The molecule has 0 radical (unpaired) electrons.